The van der Waals surface area contributed by atoms with Gasteiger partial charge in [-0.3, -0.25) is 0 Å². The molecule has 0 aromatic heterocycles. The molecule has 0 spiro atoms. The van der Waals surface area contributed by atoms with Gasteiger partial charge >= 0.3 is 0 Å². The summed E-state index contributed by atoms with van der Waals surface area (Å²) < 4.78 is 0.864. The number of thioether (sulfide) groups is 6. The number of benzene rings is 1. The van der Waals surface area contributed by atoms with E-state index in [-0.39, 0.29) is 13.2 Å². The lowest BCUT2D eigenvalue weighted by Gasteiger charge is -2.26. The molecule has 0 saturated carbocycles. The zero-order valence-corrected chi connectivity index (χ0v) is 20.8. The highest BCUT2D eigenvalue weighted by atomic mass is 32.2. The van der Waals surface area contributed by atoms with Gasteiger partial charge in [0, 0.05) is 33.2 Å². The minimum Gasteiger partial charge on any atom is -0.391 e. The van der Waals surface area contributed by atoms with E-state index in [0.717, 1.165) is 21.3 Å². The molecule has 8 heteroatoms. The highest BCUT2D eigenvalue weighted by molar-refractivity contribution is 8.23. The molecule has 154 valence electrons. The molecule has 0 saturated heterocycles. The van der Waals surface area contributed by atoms with Gasteiger partial charge in [0.25, 0.3) is 0 Å². The SMILES string of the molecule is CSCC(c1cccc(C(CSC)C2SC=C(CO)S2)c1)C1SC=C(CO)S1. The third kappa shape index (κ3) is 5.90. The second-order valence-electron chi connectivity index (χ2n) is 6.52. The molecular weight excluding hydrogens is 465 g/mol. The lowest BCUT2D eigenvalue weighted by molar-refractivity contribution is 0.339. The zero-order chi connectivity index (χ0) is 19.9. The molecule has 4 unspecified atom stereocenters. The average Bonchev–Trinajstić information content (AvgIpc) is 3.39. The van der Waals surface area contributed by atoms with Gasteiger partial charge in [0.2, 0.25) is 0 Å². The largest absolute Gasteiger partial charge is 0.391 e. The topological polar surface area (TPSA) is 40.5 Å². The monoisotopic (exact) mass is 490 g/mol. The summed E-state index contributed by atoms with van der Waals surface area (Å²) in [4.78, 5) is 2.16. The van der Waals surface area contributed by atoms with E-state index in [4.69, 9.17) is 0 Å². The quantitative estimate of drug-likeness (QED) is 0.423. The first-order chi connectivity index (χ1) is 13.7. The molecule has 2 aliphatic heterocycles. The summed E-state index contributed by atoms with van der Waals surface area (Å²) >= 11 is 11.1. The predicted octanol–water partition coefficient (Wildman–Crippen LogP) is 5.86. The Hall–Kier alpha value is 0.720. The van der Waals surface area contributed by atoms with Gasteiger partial charge in [-0.1, -0.05) is 24.3 Å². The van der Waals surface area contributed by atoms with E-state index in [0.29, 0.717) is 21.0 Å². The molecule has 2 N–H and O–H groups in total. The maximum absolute atomic E-state index is 9.47. The molecule has 28 heavy (non-hydrogen) atoms. The minimum absolute atomic E-state index is 0.145. The van der Waals surface area contributed by atoms with E-state index >= 15 is 0 Å². The summed E-state index contributed by atoms with van der Waals surface area (Å²) in [5, 5.41) is 23.2. The Morgan fingerprint density at radius 1 is 0.857 bits per heavy atom. The number of rotatable bonds is 10. The fourth-order valence-corrected chi connectivity index (χ4v) is 10.7. The van der Waals surface area contributed by atoms with Crippen LogP contribution in [0.1, 0.15) is 23.0 Å². The van der Waals surface area contributed by atoms with Crippen LogP contribution in [0, 0.1) is 0 Å². The minimum atomic E-state index is 0.145. The number of hydrogen-bond acceptors (Lipinski definition) is 8. The lowest BCUT2D eigenvalue weighted by Crippen LogP contribution is -2.16. The number of hydrogen-bond donors (Lipinski definition) is 2. The molecule has 0 fully saturated rings. The van der Waals surface area contributed by atoms with Crippen molar-refractivity contribution in [2.45, 2.75) is 21.0 Å². The second kappa shape index (κ2) is 11.9. The first kappa shape index (κ1) is 23.4. The van der Waals surface area contributed by atoms with Crippen LogP contribution in [0.3, 0.4) is 0 Å². The highest BCUT2D eigenvalue weighted by Gasteiger charge is 2.31. The molecule has 0 amide bonds. The summed E-state index contributed by atoms with van der Waals surface area (Å²) in [6.45, 7) is 0.290. The van der Waals surface area contributed by atoms with Crippen LogP contribution in [0.2, 0.25) is 0 Å². The maximum atomic E-state index is 9.47. The Kier molecular flexibility index (Phi) is 9.97. The molecule has 3 rings (SSSR count). The van der Waals surface area contributed by atoms with Gasteiger partial charge in [-0.05, 0) is 34.5 Å². The Morgan fingerprint density at radius 3 is 1.68 bits per heavy atom. The van der Waals surface area contributed by atoms with E-state index < -0.39 is 0 Å². The zero-order valence-electron chi connectivity index (χ0n) is 15.9. The van der Waals surface area contributed by atoms with Crippen LogP contribution in [0.25, 0.3) is 0 Å². The molecule has 2 aliphatic rings. The molecule has 1 aromatic carbocycles. The Bertz CT molecular complexity index is 652. The van der Waals surface area contributed by atoms with Gasteiger partial charge in [-0.15, -0.1) is 47.0 Å². The molecule has 0 bridgehead atoms. The fourth-order valence-electron chi connectivity index (χ4n) is 3.24. The van der Waals surface area contributed by atoms with Crippen molar-refractivity contribution < 1.29 is 10.2 Å². The molecule has 0 radical (unpaired) electrons. The molecule has 2 nitrogen and oxygen atoms in total. The van der Waals surface area contributed by atoms with Gasteiger partial charge in [-0.2, -0.15) is 23.5 Å². The summed E-state index contributed by atoms with van der Waals surface area (Å²) in [6.07, 6.45) is 4.35. The lowest BCUT2D eigenvalue weighted by atomic mass is 9.95. The second-order valence-corrected chi connectivity index (χ2v) is 13.5. The first-order valence-corrected chi connectivity index (χ1v) is 15.4. The Morgan fingerprint density at radius 2 is 1.32 bits per heavy atom. The van der Waals surface area contributed by atoms with Crippen molar-refractivity contribution >= 4 is 70.6 Å². The third-order valence-electron chi connectivity index (χ3n) is 4.63. The van der Waals surface area contributed by atoms with Crippen molar-refractivity contribution in [3.8, 4) is 0 Å². The van der Waals surface area contributed by atoms with Gasteiger partial charge in [0.15, 0.2) is 0 Å². The van der Waals surface area contributed by atoms with Crippen LogP contribution in [0.15, 0.2) is 44.9 Å². The average molecular weight is 491 g/mol. The van der Waals surface area contributed by atoms with Crippen molar-refractivity contribution in [3.63, 3.8) is 0 Å². The van der Waals surface area contributed by atoms with Gasteiger partial charge in [0.1, 0.15) is 0 Å². The van der Waals surface area contributed by atoms with Crippen LogP contribution in [-0.4, -0.2) is 56.6 Å². The van der Waals surface area contributed by atoms with E-state index in [1.54, 1.807) is 0 Å². The standard InChI is InChI=1S/C20H26O2S6/c1-23-11-17(19-25-9-15(7-21)27-19)13-4-3-5-14(6-13)18(12-24-2)20-26-10-16(8-22)28-20/h3-6,9-10,17-22H,7-8,11-12H2,1-2H3. The molecular formula is C20H26O2S6. The van der Waals surface area contributed by atoms with Crippen molar-refractivity contribution in [2.24, 2.45) is 0 Å². The van der Waals surface area contributed by atoms with Crippen molar-refractivity contribution in [2.75, 3.05) is 37.2 Å². The Balaban J connectivity index is 1.80. The van der Waals surface area contributed by atoms with Crippen LogP contribution in [0.4, 0.5) is 0 Å². The summed E-state index contributed by atoms with van der Waals surface area (Å²) in [7, 11) is 0. The molecule has 2 heterocycles. The smallest absolute Gasteiger partial charge is 0.0746 e. The third-order valence-corrected chi connectivity index (χ3v) is 11.8. The van der Waals surface area contributed by atoms with Gasteiger partial charge < -0.3 is 10.2 Å². The Labute approximate surface area is 193 Å². The van der Waals surface area contributed by atoms with Crippen molar-refractivity contribution in [1.82, 2.24) is 0 Å². The summed E-state index contributed by atoms with van der Waals surface area (Å²) in [5.74, 6) is 3.07. The van der Waals surface area contributed by atoms with E-state index in [9.17, 15) is 10.2 Å². The number of aliphatic hydroxyl groups excluding tert-OH is 2. The fraction of sp³-hybridized carbons (Fsp3) is 0.500. The maximum Gasteiger partial charge on any atom is 0.0746 e. The van der Waals surface area contributed by atoms with E-state index in [2.05, 4.69) is 47.6 Å². The highest BCUT2D eigenvalue weighted by Crippen LogP contribution is 2.50. The van der Waals surface area contributed by atoms with E-state index in [1.807, 2.05) is 70.6 Å². The van der Waals surface area contributed by atoms with Crippen LogP contribution < -0.4 is 0 Å². The molecule has 1 aromatic rings. The van der Waals surface area contributed by atoms with Gasteiger partial charge in [0.05, 0.1) is 22.4 Å². The predicted molar refractivity (Wildman–Crippen MR) is 137 cm³/mol. The van der Waals surface area contributed by atoms with E-state index in [1.165, 1.54) is 11.1 Å². The molecule has 0 aliphatic carbocycles. The normalized spacial score (nSPS) is 24.1. The van der Waals surface area contributed by atoms with Crippen molar-refractivity contribution in [3.05, 3.63) is 56.0 Å². The van der Waals surface area contributed by atoms with Crippen LogP contribution in [0.5, 0.6) is 0 Å². The van der Waals surface area contributed by atoms with Crippen molar-refractivity contribution in [1.29, 1.82) is 0 Å². The number of aliphatic hydroxyl groups is 2. The van der Waals surface area contributed by atoms with Gasteiger partial charge in [-0.25, -0.2) is 0 Å². The molecule has 4 atom stereocenters. The van der Waals surface area contributed by atoms with Crippen LogP contribution in [-0.2, 0) is 0 Å². The first-order valence-electron chi connectivity index (χ1n) is 9.02. The summed E-state index contributed by atoms with van der Waals surface area (Å²) in [6, 6.07) is 9.16. The summed E-state index contributed by atoms with van der Waals surface area (Å²) in [5.41, 5.74) is 2.80. The van der Waals surface area contributed by atoms with Crippen LogP contribution >= 0.6 is 70.6 Å².